The Bertz CT molecular complexity index is 1430. The van der Waals surface area contributed by atoms with E-state index in [4.69, 9.17) is 19.2 Å². The average molecular weight is 495 g/mol. The average Bonchev–Trinajstić information content (AvgIpc) is 3.50. The van der Waals surface area contributed by atoms with E-state index in [0.29, 0.717) is 47.0 Å². The molecule has 35 heavy (non-hydrogen) atoms. The van der Waals surface area contributed by atoms with Crippen LogP contribution in [0.5, 0.6) is 11.5 Å². The Morgan fingerprint density at radius 1 is 1.20 bits per heavy atom. The van der Waals surface area contributed by atoms with E-state index in [1.165, 1.54) is 0 Å². The summed E-state index contributed by atoms with van der Waals surface area (Å²) in [4.78, 5) is 30.4. The summed E-state index contributed by atoms with van der Waals surface area (Å²) in [6, 6.07) is 7.24. The van der Waals surface area contributed by atoms with Crippen LogP contribution >= 0.6 is 11.5 Å². The van der Waals surface area contributed by atoms with Crippen LogP contribution in [0.2, 0.25) is 0 Å². The van der Waals surface area contributed by atoms with Gasteiger partial charge in [-0.25, -0.2) is 14.5 Å². The van der Waals surface area contributed by atoms with Gasteiger partial charge < -0.3 is 19.5 Å². The maximum Gasteiger partial charge on any atom is 0.362 e. The fourth-order valence-corrected chi connectivity index (χ4v) is 4.26. The lowest BCUT2D eigenvalue weighted by Crippen LogP contribution is -2.16. The monoisotopic (exact) mass is 494 g/mol. The zero-order valence-electron chi connectivity index (χ0n) is 19.3. The highest BCUT2D eigenvalue weighted by molar-refractivity contribution is 7.10. The Hall–Kier alpha value is -4.06. The van der Waals surface area contributed by atoms with Gasteiger partial charge in [0.25, 0.3) is 5.91 Å². The molecule has 4 heterocycles. The number of anilines is 1. The number of aromatic nitrogens is 5. The van der Waals surface area contributed by atoms with Gasteiger partial charge >= 0.3 is 5.97 Å². The topological polar surface area (TPSA) is 130 Å². The van der Waals surface area contributed by atoms with Crippen molar-refractivity contribution < 1.29 is 23.8 Å². The number of ether oxygens (including phenoxy) is 3. The number of amides is 1. The standard InChI is InChI=1S/C23H22N6O5S/c1-4-32-23(31)19-22(35-28-27-19)26-21(30)14-10-16(25-20-15(14)11-24-29(20)12(2)3)13-5-6-17-18(9-13)34-8-7-33-17/h5-6,9-12H,4,7-8H2,1-3H3,(H,26,30). The van der Waals surface area contributed by atoms with Gasteiger partial charge in [0.05, 0.1) is 29.4 Å². The molecule has 1 amide bonds. The number of rotatable bonds is 6. The molecule has 11 nitrogen and oxygen atoms in total. The van der Waals surface area contributed by atoms with Crippen LogP contribution in [0.1, 0.15) is 47.7 Å². The van der Waals surface area contributed by atoms with Crippen LogP contribution in [0.4, 0.5) is 5.00 Å². The summed E-state index contributed by atoms with van der Waals surface area (Å²) in [5.74, 6) is 0.182. The lowest BCUT2D eigenvalue weighted by molar-refractivity contribution is 0.0520. The molecule has 3 aromatic heterocycles. The molecule has 5 rings (SSSR count). The summed E-state index contributed by atoms with van der Waals surface area (Å²) in [6.45, 7) is 6.80. The first-order valence-corrected chi connectivity index (χ1v) is 11.8. The molecule has 0 fully saturated rings. The van der Waals surface area contributed by atoms with E-state index >= 15 is 0 Å². The van der Waals surface area contributed by atoms with Gasteiger partial charge in [-0.05, 0) is 45.0 Å². The largest absolute Gasteiger partial charge is 0.486 e. The first-order chi connectivity index (χ1) is 17.0. The number of carbonyl (C=O) groups is 2. The van der Waals surface area contributed by atoms with Crippen molar-refractivity contribution in [3.05, 3.63) is 41.7 Å². The molecule has 0 aliphatic carbocycles. The molecule has 4 aromatic rings. The predicted octanol–water partition coefficient (Wildman–Crippen LogP) is 3.73. The summed E-state index contributed by atoms with van der Waals surface area (Å²) in [7, 11) is 0. The molecule has 1 N–H and O–H groups in total. The number of fused-ring (bicyclic) bond motifs is 2. The highest BCUT2D eigenvalue weighted by atomic mass is 32.1. The van der Waals surface area contributed by atoms with Crippen LogP contribution in [0.3, 0.4) is 0 Å². The lowest BCUT2D eigenvalue weighted by atomic mass is 10.1. The predicted molar refractivity (Wildman–Crippen MR) is 128 cm³/mol. The minimum atomic E-state index is -0.652. The molecule has 0 atom stereocenters. The van der Waals surface area contributed by atoms with Crippen molar-refractivity contribution in [1.29, 1.82) is 0 Å². The van der Waals surface area contributed by atoms with E-state index in [1.54, 1.807) is 23.9 Å². The number of esters is 1. The van der Waals surface area contributed by atoms with Gasteiger partial charge in [0.2, 0.25) is 5.69 Å². The van der Waals surface area contributed by atoms with Gasteiger partial charge in [0.1, 0.15) is 13.2 Å². The molecule has 12 heteroatoms. The van der Waals surface area contributed by atoms with Gasteiger partial charge in [-0.15, -0.1) is 5.10 Å². The molecule has 0 bridgehead atoms. The molecule has 0 unspecified atom stereocenters. The van der Waals surface area contributed by atoms with E-state index in [2.05, 4.69) is 20.0 Å². The third-order valence-electron chi connectivity index (χ3n) is 5.32. The summed E-state index contributed by atoms with van der Waals surface area (Å²) in [5.41, 5.74) is 2.18. The molecule has 1 aliphatic heterocycles. The van der Waals surface area contributed by atoms with Crippen LogP contribution in [-0.4, -0.2) is 56.0 Å². The normalized spacial score (nSPS) is 12.7. The van der Waals surface area contributed by atoms with E-state index in [9.17, 15) is 9.59 Å². The van der Waals surface area contributed by atoms with Crippen LogP contribution in [0.15, 0.2) is 30.5 Å². The number of nitrogens with zero attached hydrogens (tertiary/aromatic N) is 5. The molecule has 1 aromatic carbocycles. The van der Waals surface area contributed by atoms with E-state index in [1.807, 2.05) is 32.0 Å². The quantitative estimate of drug-likeness (QED) is 0.398. The second-order valence-electron chi connectivity index (χ2n) is 7.96. The highest BCUT2D eigenvalue weighted by Crippen LogP contribution is 2.35. The van der Waals surface area contributed by atoms with E-state index in [-0.39, 0.29) is 23.3 Å². The van der Waals surface area contributed by atoms with E-state index in [0.717, 1.165) is 17.1 Å². The molecule has 1 aliphatic rings. The summed E-state index contributed by atoms with van der Waals surface area (Å²) < 4.78 is 21.9. The Balaban J connectivity index is 1.58. The van der Waals surface area contributed by atoms with Gasteiger partial charge in [-0.3, -0.25) is 4.79 Å². The fraction of sp³-hybridized carbons (Fsp3) is 0.304. The lowest BCUT2D eigenvalue weighted by Gasteiger charge is -2.19. The van der Waals surface area contributed by atoms with Crippen LogP contribution in [0.25, 0.3) is 22.3 Å². The van der Waals surface area contributed by atoms with Crippen LogP contribution in [-0.2, 0) is 4.74 Å². The number of pyridine rings is 1. The van der Waals surface area contributed by atoms with Crippen molar-refractivity contribution in [2.24, 2.45) is 0 Å². The van der Waals surface area contributed by atoms with Gasteiger partial charge in [0, 0.05) is 23.1 Å². The third kappa shape index (κ3) is 4.28. The smallest absolute Gasteiger partial charge is 0.362 e. The van der Waals surface area contributed by atoms with Gasteiger partial charge in [-0.1, -0.05) is 4.49 Å². The zero-order chi connectivity index (χ0) is 24.5. The number of hydrogen-bond acceptors (Lipinski definition) is 10. The van der Waals surface area contributed by atoms with Gasteiger partial charge in [-0.2, -0.15) is 5.10 Å². The van der Waals surface area contributed by atoms with Crippen molar-refractivity contribution in [1.82, 2.24) is 24.4 Å². The first-order valence-electron chi connectivity index (χ1n) is 11.1. The molecule has 0 saturated carbocycles. The first kappa shape index (κ1) is 22.7. The summed E-state index contributed by atoms with van der Waals surface area (Å²) in [6.07, 6.45) is 1.61. The Kier molecular flexibility index (Phi) is 6.03. The second kappa shape index (κ2) is 9.29. The maximum absolute atomic E-state index is 13.4. The van der Waals surface area contributed by atoms with E-state index < -0.39 is 11.9 Å². The molecular formula is C23H22N6O5S. The molecule has 0 spiro atoms. The number of nitrogens with one attached hydrogen (secondary N) is 1. The third-order valence-corrected chi connectivity index (χ3v) is 5.96. The van der Waals surface area contributed by atoms with Crippen molar-refractivity contribution in [2.75, 3.05) is 25.1 Å². The Labute approximate surface area is 204 Å². The maximum atomic E-state index is 13.4. The van der Waals surface area contributed by atoms with Crippen molar-refractivity contribution >= 4 is 39.4 Å². The van der Waals surface area contributed by atoms with Crippen molar-refractivity contribution in [3.8, 4) is 22.8 Å². The highest BCUT2D eigenvalue weighted by Gasteiger charge is 2.24. The second-order valence-corrected chi connectivity index (χ2v) is 8.71. The Morgan fingerprint density at radius 3 is 2.77 bits per heavy atom. The SMILES string of the molecule is CCOC(=O)c1nnsc1NC(=O)c1cc(-c2ccc3c(c2)OCCO3)nc2c1cnn2C(C)C. The van der Waals surface area contributed by atoms with Crippen LogP contribution in [0, 0.1) is 0 Å². The molecule has 0 saturated heterocycles. The Morgan fingerprint density at radius 2 is 2.00 bits per heavy atom. The minimum absolute atomic E-state index is 0.0209. The zero-order valence-corrected chi connectivity index (χ0v) is 20.1. The van der Waals surface area contributed by atoms with Crippen LogP contribution < -0.4 is 14.8 Å². The molecular weight excluding hydrogens is 472 g/mol. The summed E-state index contributed by atoms with van der Waals surface area (Å²) in [5, 5.41) is 11.8. The molecule has 180 valence electrons. The number of benzene rings is 1. The van der Waals surface area contributed by atoms with Crippen molar-refractivity contribution in [3.63, 3.8) is 0 Å². The molecule has 0 radical (unpaired) electrons. The minimum Gasteiger partial charge on any atom is -0.486 e. The van der Waals surface area contributed by atoms with Gasteiger partial charge in [0.15, 0.2) is 22.1 Å². The number of hydrogen-bond donors (Lipinski definition) is 1. The number of carbonyl (C=O) groups excluding carboxylic acids is 2. The fourth-order valence-electron chi connectivity index (χ4n) is 3.71. The van der Waals surface area contributed by atoms with Crippen molar-refractivity contribution in [2.45, 2.75) is 26.8 Å². The summed E-state index contributed by atoms with van der Waals surface area (Å²) >= 11 is 0.897.